The largest absolute Gasteiger partial charge is 0.351 e. The quantitative estimate of drug-likeness (QED) is 0.844. The van der Waals surface area contributed by atoms with E-state index in [1.54, 1.807) is 0 Å². The molecule has 5 nitrogen and oxygen atoms in total. The number of carbonyl (C=O) groups excluding carboxylic acids is 2. The Bertz CT molecular complexity index is 441. The van der Waals surface area contributed by atoms with Crippen molar-refractivity contribution in [3.05, 3.63) is 35.4 Å². The number of amides is 3. The van der Waals surface area contributed by atoms with Gasteiger partial charge in [0.05, 0.1) is 6.54 Å². The third-order valence-corrected chi connectivity index (χ3v) is 2.78. The summed E-state index contributed by atoms with van der Waals surface area (Å²) in [4.78, 5) is 23.7. The summed E-state index contributed by atoms with van der Waals surface area (Å²) in [5.41, 5.74) is 7.29. The molecule has 0 atom stereocenters. The van der Waals surface area contributed by atoms with Crippen LogP contribution in [0.25, 0.3) is 0 Å². The first-order chi connectivity index (χ1) is 8.88. The minimum atomic E-state index is -0.820. The summed E-state index contributed by atoms with van der Waals surface area (Å²) in [6.45, 7) is 5.07. The Balaban J connectivity index is 2.50. The molecule has 0 unspecified atom stereocenters. The van der Waals surface area contributed by atoms with Crippen LogP contribution in [-0.2, 0) is 11.3 Å². The smallest absolute Gasteiger partial charge is 0.318 e. The second kappa shape index (κ2) is 6.89. The van der Waals surface area contributed by atoms with Crippen molar-refractivity contribution >= 4 is 11.9 Å². The molecule has 1 rings (SSSR count). The van der Waals surface area contributed by atoms with Crippen LogP contribution in [0.5, 0.6) is 0 Å². The van der Waals surface area contributed by atoms with Crippen molar-refractivity contribution in [1.29, 1.82) is 0 Å². The van der Waals surface area contributed by atoms with Gasteiger partial charge >= 0.3 is 6.03 Å². The molecule has 19 heavy (non-hydrogen) atoms. The Kier molecular flexibility index (Phi) is 5.51. The lowest BCUT2D eigenvalue weighted by atomic mass is 10.0. The molecule has 0 radical (unpaired) electrons. The van der Waals surface area contributed by atoms with Crippen molar-refractivity contribution in [1.82, 2.24) is 10.2 Å². The maximum absolute atomic E-state index is 11.3. The highest BCUT2D eigenvalue weighted by molar-refractivity contribution is 5.94. The number of nitrogens with zero attached hydrogens (tertiary/aromatic N) is 1. The Labute approximate surface area is 113 Å². The second-order valence-electron chi connectivity index (χ2n) is 4.98. The summed E-state index contributed by atoms with van der Waals surface area (Å²) in [7, 11) is 1.82. The van der Waals surface area contributed by atoms with Crippen LogP contribution in [0.2, 0.25) is 0 Å². The molecule has 0 spiro atoms. The molecule has 0 aliphatic rings. The number of hydrogen-bond acceptors (Lipinski definition) is 3. The molecule has 3 amide bonds. The van der Waals surface area contributed by atoms with E-state index in [2.05, 4.69) is 38.1 Å². The number of nitrogens with two attached hydrogens (primary N) is 1. The van der Waals surface area contributed by atoms with Crippen LogP contribution in [0, 0.1) is 0 Å². The van der Waals surface area contributed by atoms with Gasteiger partial charge in [-0.2, -0.15) is 0 Å². The van der Waals surface area contributed by atoms with Gasteiger partial charge in [-0.1, -0.05) is 38.1 Å². The summed E-state index contributed by atoms with van der Waals surface area (Å²) in [6.07, 6.45) is 0. The zero-order chi connectivity index (χ0) is 14.4. The van der Waals surface area contributed by atoms with Crippen molar-refractivity contribution in [3.8, 4) is 0 Å². The molecule has 1 aromatic carbocycles. The van der Waals surface area contributed by atoms with Gasteiger partial charge < -0.3 is 5.73 Å². The van der Waals surface area contributed by atoms with E-state index in [1.165, 1.54) is 5.56 Å². The van der Waals surface area contributed by atoms with E-state index >= 15 is 0 Å². The van der Waals surface area contributed by atoms with Gasteiger partial charge in [-0.25, -0.2) is 4.79 Å². The zero-order valence-corrected chi connectivity index (χ0v) is 11.6. The molecule has 0 aliphatic carbocycles. The number of likely N-dealkylation sites (N-methyl/N-ethyl adjacent to an activating group) is 1. The highest BCUT2D eigenvalue weighted by Crippen LogP contribution is 2.15. The zero-order valence-electron chi connectivity index (χ0n) is 11.6. The van der Waals surface area contributed by atoms with E-state index in [9.17, 15) is 9.59 Å². The maximum atomic E-state index is 11.3. The number of benzene rings is 1. The Morgan fingerprint density at radius 2 is 1.84 bits per heavy atom. The fourth-order valence-corrected chi connectivity index (χ4v) is 1.80. The molecule has 0 saturated carbocycles. The Morgan fingerprint density at radius 3 is 2.32 bits per heavy atom. The average Bonchev–Trinajstić information content (AvgIpc) is 2.27. The third kappa shape index (κ3) is 5.52. The van der Waals surface area contributed by atoms with Crippen molar-refractivity contribution in [2.75, 3.05) is 13.6 Å². The minimum Gasteiger partial charge on any atom is -0.351 e. The van der Waals surface area contributed by atoms with Crippen molar-refractivity contribution in [3.63, 3.8) is 0 Å². The van der Waals surface area contributed by atoms with E-state index in [0.29, 0.717) is 12.5 Å². The fourth-order valence-electron chi connectivity index (χ4n) is 1.80. The molecule has 0 aliphatic heterocycles. The first kappa shape index (κ1) is 15.2. The van der Waals surface area contributed by atoms with Gasteiger partial charge in [0, 0.05) is 6.54 Å². The second-order valence-corrected chi connectivity index (χ2v) is 4.98. The van der Waals surface area contributed by atoms with Gasteiger partial charge in [0.2, 0.25) is 5.91 Å². The standard InChI is InChI=1S/C14H21N3O2/c1-10(2)12-6-4-11(5-7-12)8-17(3)9-13(18)16-14(15)19/h4-7,10H,8-9H2,1-3H3,(H3,15,16,18,19). The number of rotatable bonds is 5. The van der Waals surface area contributed by atoms with Gasteiger partial charge in [0.1, 0.15) is 0 Å². The van der Waals surface area contributed by atoms with E-state index in [1.807, 2.05) is 17.3 Å². The number of imide groups is 1. The highest BCUT2D eigenvalue weighted by atomic mass is 16.2. The number of urea groups is 1. The number of primary amides is 1. The molecular formula is C14H21N3O2. The SMILES string of the molecule is CC(C)c1ccc(CN(C)CC(=O)NC(N)=O)cc1. The summed E-state index contributed by atoms with van der Waals surface area (Å²) >= 11 is 0. The van der Waals surface area contributed by atoms with E-state index in [-0.39, 0.29) is 6.54 Å². The van der Waals surface area contributed by atoms with Crippen LogP contribution < -0.4 is 11.1 Å². The van der Waals surface area contributed by atoms with Crippen LogP contribution in [-0.4, -0.2) is 30.4 Å². The van der Waals surface area contributed by atoms with Gasteiger partial charge in [-0.3, -0.25) is 15.0 Å². The number of carbonyl (C=O) groups is 2. The van der Waals surface area contributed by atoms with Crippen molar-refractivity contribution in [2.45, 2.75) is 26.3 Å². The molecule has 0 aromatic heterocycles. The van der Waals surface area contributed by atoms with Gasteiger partial charge in [-0.05, 0) is 24.1 Å². The molecule has 5 heteroatoms. The molecule has 1 aromatic rings. The van der Waals surface area contributed by atoms with E-state index < -0.39 is 11.9 Å². The summed E-state index contributed by atoms with van der Waals surface area (Å²) < 4.78 is 0. The first-order valence-corrected chi connectivity index (χ1v) is 6.25. The van der Waals surface area contributed by atoms with Crippen LogP contribution in [0.15, 0.2) is 24.3 Å². The minimum absolute atomic E-state index is 0.134. The summed E-state index contributed by atoms with van der Waals surface area (Å²) in [5, 5.41) is 2.04. The lowest BCUT2D eigenvalue weighted by Crippen LogP contribution is -2.41. The lowest BCUT2D eigenvalue weighted by molar-refractivity contribution is -0.120. The third-order valence-electron chi connectivity index (χ3n) is 2.78. The fraction of sp³-hybridized carbons (Fsp3) is 0.429. The molecule has 104 valence electrons. The molecule has 0 heterocycles. The highest BCUT2D eigenvalue weighted by Gasteiger charge is 2.08. The number of hydrogen-bond donors (Lipinski definition) is 2. The van der Waals surface area contributed by atoms with Gasteiger partial charge in [-0.15, -0.1) is 0 Å². The van der Waals surface area contributed by atoms with Gasteiger partial charge in [0.25, 0.3) is 0 Å². The molecule has 0 fully saturated rings. The molecule has 3 N–H and O–H groups in total. The maximum Gasteiger partial charge on any atom is 0.318 e. The molecule has 0 bridgehead atoms. The van der Waals surface area contributed by atoms with E-state index in [4.69, 9.17) is 5.73 Å². The Morgan fingerprint density at radius 1 is 1.26 bits per heavy atom. The lowest BCUT2D eigenvalue weighted by Gasteiger charge is -2.16. The molecular weight excluding hydrogens is 242 g/mol. The summed E-state index contributed by atoms with van der Waals surface area (Å²) in [5.74, 6) is 0.113. The number of nitrogens with one attached hydrogen (secondary N) is 1. The topological polar surface area (TPSA) is 75.4 Å². The van der Waals surface area contributed by atoms with Crippen LogP contribution in [0.1, 0.15) is 30.9 Å². The van der Waals surface area contributed by atoms with Crippen molar-refractivity contribution < 1.29 is 9.59 Å². The van der Waals surface area contributed by atoms with E-state index in [0.717, 1.165) is 5.56 Å². The van der Waals surface area contributed by atoms with Gasteiger partial charge in [0.15, 0.2) is 0 Å². The predicted octanol–water partition coefficient (Wildman–Crippen LogP) is 1.44. The first-order valence-electron chi connectivity index (χ1n) is 6.25. The van der Waals surface area contributed by atoms with Crippen LogP contribution >= 0.6 is 0 Å². The summed E-state index contributed by atoms with van der Waals surface area (Å²) in [6, 6.07) is 7.48. The average molecular weight is 263 g/mol. The Hall–Kier alpha value is -1.88. The predicted molar refractivity (Wildman–Crippen MR) is 74.6 cm³/mol. The van der Waals surface area contributed by atoms with Crippen LogP contribution in [0.3, 0.4) is 0 Å². The normalized spacial score (nSPS) is 10.8. The van der Waals surface area contributed by atoms with Crippen LogP contribution in [0.4, 0.5) is 4.79 Å². The molecule has 0 saturated heterocycles. The van der Waals surface area contributed by atoms with Crippen molar-refractivity contribution in [2.24, 2.45) is 5.73 Å². The monoisotopic (exact) mass is 263 g/mol.